The van der Waals surface area contributed by atoms with E-state index < -0.39 is 5.41 Å². The van der Waals surface area contributed by atoms with Crippen LogP contribution in [-0.2, 0) is 4.79 Å². The van der Waals surface area contributed by atoms with E-state index in [1.165, 1.54) is 12.8 Å². The number of amides is 1. The molecule has 0 aromatic carbocycles. The first-order valence-electron chi connectivity index (χ1n) is 7.52. The van der Waals surface area contributed by atoms with Crippen molar-refractivity contribution in [3.63, 3.8) is 0 Å². The molecule has 1 fully saturated rings. The zero-order valence-electron chi connectivity index (χ0n) is 12.5. The van der Waals surface area contributed by atoms with Crippen molar-refractivity contribution in [2.24, 2.45) is 11.1 Å². The molecule has 0 unspecified atom stereocenters. The highest BCUT2D eigenvalue weighted by Gasteiger charge is 2.37. The van der Waals surface area contributed by atoms with Gasteiger partial charge < -0.3 is 11.1 Å². The quantitative estimate of drug-likeness (QED) is 0.833. The van der Waals surface area contributed by atoms with Crippen molar-refractivity contribution in [2.75, 3.05) is 11.9 Å². The predicted molar refractivity (Wildman–Crippen MR) is 81.5 cm³/mol. The molecule has 1 aromatic rings. The molecule has 1 aromatic heterocycles. The van der Waals surface area contributed by atoms with Crippen molar-refractivity contribution in [1.29, 1.82) is 0 Å². The van der Waals surface area contributed by atoms with E-state index in [-0.39, 0.29) is 5.91 Å². The summed E-state index contributed by atoms with van der Waals surface area (Å²) >= 11 is 0. The summed E-state index contributed by atoms with van der Waals surface area (Å²) in [5.41, 5.74) is 7.56. The lowest BCUT2D eigenvalue weighted by Crippen LogP contribution is -2.42. The zero-order chi connectivity index (χ0) is 14.6. The van der Waals surface area contributed by atoms with Crippen LogP contribution in [0.4, 0.5) is 5.82 Å². The van der Waals surface area contributed by atoms with Crippen molar-refractivity contribution in [1.82, 2.24) is 4.98 Å². The van der Waals surface area contributed by atoms with Gasteiger partial charge in [0, 0.05) is 12.2 Å². The second kappa shape index (κ2) is 6.35. The Labute approximate surface area is 121 Å². The van der Waals surface area contributed by atoms with Crippen LogP contribution in [0.25, 0.3) is 0 Å². The molecule has 1 heterocycles. The lowest BCUT2D eigenvalue weighted by molar-refractivity contribution is -0.125. The number of pyridine rings is 1. The number of carbonyl (C=O) groups excluding carboxylic acids is 1. The van der Waals surface area contributed by atoms with Gasteiger partial charge in [-0.25, -0.2) is 4.98 Å². The smallest absolute Gasteiger partial charge is 0.233 e. The van der Waals surface area contributed by atoms with Crippen LogP contribution in [0, 0.1) is 19.3 Å². The first kappa shape index (κ1) is 15.0. The normalized spacial score (nSPS) is 18.4. The Morgan fingerprint density at radius 3 is 2.45 bits per heavy atom. The second-order valence-corrected chi connectivity index (χ2v) is 6.02. The Kier molecular flexibility index (Phi) is 4.76. The van der Waals surface area contributed by atoms with Crippen LogP contribution in [0.2, 0.25) is 0 Å². The average molecular weight is 275 g/mol. The largest absolute Gasteiger partial charge is 0.329 e. The molecule has 0 atom stereocenters. The van der Waals surface area contributed by atoms with E-state index in [9.17, 15) is 4.79 Å². The minimum atomic E-state index is -0.407. The monoisotopic (exact) mass is 275 g/mol. The maximum Gasteiger partial charge on any atom is 0.233 e. The molecule has 4 nitrogen and oxygen atoms in total. The van der Waals surface area contributed by atoms with E-state index in [1.54, 1.807) is 0 Å². The highest BCUT2D eigenvalue weighted by atomic mass is 16.2. The number of hydrogen-bond donors (Lipinski definition) is 2. The molecule has 0 radical (unpaired) electrons. The van der Waals surface area contributed by atoms with Crippen molar-refractivity contribution in [3.8, 4) is 0 Å². The Balaban J connectivity index is 2.16. The molecule has 0 bridgehead atoms. The number of aromatic nitrogens is 1. The third-order valence-corrected chi connectivity index (χ3v) is 4.27. The maximum atomic E-state index is 12.7. The molecule has 0 aliphatic heterocycles. The Bertz CT molecular complexity index is 456. The number of hydrogen-bond acceptors (Lipinski definition) is 3. The molecule has 1 aliphatic carbocycles. The van der Waals surface area contributed by atoms with Crippen molar-refractivity contribution >= 4 is 11.7 Å². The zero-order valence-corrected chi connectivity index (χ0v) is 12.5. The van der Waals surface area contributed by atoms with Crippen LogP contribution in [0.1, 0.15) is 49.8 Å². The van der Waals surface area contributed by atoms with Crippen LogP contribution in [0.3, 0.4) is 0 Å². The lowest BCUT2D eigenvalue weighted by Gasteiger charge is -2.29. The Morgan fingerprint density at radius 2 is 1.90 bits per heavy atom. The highest BCUT2D eigenvalue weighted by Crippen LogP contribution is 2.35. The van der Waals surface area contributed by atoms with Gasteiger partial charge in [0.15, 0.2) is 0 Å². The van der Waals surface area contributed by atoms with E-state index in [0.717, 1.165) is 36.9 Å². The molecular weight excluding hydrogens is 250 g/mol. The fourth-order valence-electron chi connectivity index (χ4n) is 3.08. The second-order valence-electron chi connectivity index (χ2n) is 6.02. The predicted octanol–water partition coefficient (Wildman–Crippen LogP) is 2.94. The summed E-state index contributed by atoms with van der Waals surface area (Å²) in [7, 11) is 0. The molecule has 1 aliphatic rings. The van der Waals surface area contributed by atoms with E-state index in [0.29, 0.717) is 12.4 Å². The minimum absolute atomic E-state index is 0.0411. The number of aryl methyl sites for hydroxylation is 2. The number of carbonyl (C=O) groups is 1. The van der Waals surface area contributed by atoms with Gasteiger partial charge in [-0.2, -0.15) is 0 Å². The fraction of sp³-hybridized carbons (Fsp3) is 0.625. The molecule has 1 amide bonds. The standard InChI is InChI=1S/C16H25N3O/c1-12-9-13(2)18-14(10-12)19-15(20)16(11-17)7-5-3-4-6-8-16/h9-10H,3-8,11,17H2,1-2H3,(H,18,19,20). The maximum absolute atomic E-state index is 12.7. The Morgan fingerprint density at radius 1 is 1.25 bits per heavy atom. The van der Waals surface area contributed by atoms with E-state index in [2.05, 4.69) is 10.3 Å². The number of anilines is 1. The molecule has 1 saturated carbocycles. The van der Waals surface area contributed by atoms with E-state index >= 15 is 0 Å². The van der Waals surface area contributed by atoms with Crippen molar-refractivity contribution < 1.29 is 4.79 Å². The lowest BCUT2D eigenvalue weighted by atomic mass is 9.79. The van der Waals surface area contributed by atoms with Crippen LogP contribution in [0.5, 0.6) is 0 Å². The summed E-state index contributed by atoms with van der Waals surface area (Å²) in [6.07, 6.45) is 6.36. The average Bonchev–Trinajstić information content (AvgIpc) is 2.63. The molecule has 4 heteroatoms. The molecule has 2 rings (SSSR count). The van der Waals surface area contributed by atoms with Crippen molar-refractivity contribution in [3.05, 3.63) is 23.4 Å². The van der Waals surface area contributed by atoms with Crippen LogP contribution < -0.4 is 11.1 Å². The number of nitrogens with one attached hydrogen (secondary N) is 1. The SMILES string of the molecule is Cc1cc(C)nc(NC(=O)C2(CN)CCCCCC2)c1. The van der Waals surface area contributed by atoms with E-state index in [1.807, 2.05) is 26.0 Å². The minimum Gasteiger partial charge on any atom is -0.329 e. The molecule has 20 heavy (non-hydrogen) atoms. The third-order valence-electron chi connectivity index (χ3n) is 4.27. The van der Waals surface area contributed by atoms with Gasteiger partial charge in [0.05, 0.1) is 5.41 Å². The highest BCUT2D eigenvalue weighted by molar-refractivity contribution is 5.94. The van der Waals surface area contributed by atoms with Gasteiger partial charge in [-0.15, -0.1) is 0 Å². The molecule has 110 valence electrons. The fourth-order valence-corrected chi connectivity index (χ4v) is 3.08. The van der Waals surface area contributed by atoms with Gasteiger partial charge >= 0.3 is 0 Å². The van der Waals surface area contributed by atoms with Gasteiger partial charge in [-0.1, -0.05) is 25.7 Å². The summed E-state index contributed by atoms with van der Waals surface area (Å²) in [6.45, 7) is 4.37. The van der Waals surface area contributed by atoms with Crippen LogP contribution >= 0.6 is 0 Å². The first-order chi connectivity index (χ1) is 9.55. The van der Waals surface area contributed by atoms with Gasteiger partial charge in [0.1, 0.15) is 5.82 Å². The van der Waals surface area contributed by atoms with Crippen LogP contribution in [0.15, 0.2) is 12.1 Å². The summed E-state index contributed by atoms with van der Waals surface area (Å²) in [5.74, 6) is 0.684. The topological polar surface area (TPSA) is 68.0 Å². The van der Waals surface area contributed by atoms with Gasteiger partial charge in [-0.3, -0.25) is 4.79 Å². The van der Waals surface area contributed by atoms with Gasteiger partial charge in [-0.05, 0) is 44.4 Å². The summed E-state index contributed by atoms with van der Waals surface area (Å²) < 4.78 is 0. The molecule has 3 N–H and O–H groups in total. The Hall–Kier alpha value is -1.42. The van der Waals surface area contributed by atoms with E-state index in [4.69, 9.17) is 5.73 Å². The third kappa shape index (κ3) is 3.37. The number of nitrogens with two attached hydrogens (primary N) is 1. The summed E-state index contributed by atoms with van der Waals surface area (Å²) in [4.78, 5) is 17.0. The summed E-state index contributed by atoms with van der Waals surface area (Å²) in [5, 5.41) is 2.98. The first-order valence-corrected chi connectivity index (χ1v) is 7.52. The molecule has 0 spiro atoms. The number of rotatable bonds is 3. The number of nitrogens with zero attached hydrogens (tertiary/aromatic N) is 1. The van der Waals surface area contributed by atoms with Crippen LogP contribution in [-0.4, -0.2) is 17.4 Å². The molecule has 0 saturated heterocycles. The van der Waals surface area contributed by atoms with Gasteiger partial charge in [0.25, 0.3) is 0 Å². The molecular formula is C16H25N3O. The van der Waals surface area contributed by atoms with Gasteiger partial charge in [0.2, 0.25) is 5.91 Å². The van der Waals surface area contributed by atoms with Crippen molar-refractivity contribution in [2.45, 2.75) is 52.4 Å². The summed E-state index contributed by atoms with van der Waals surface area (Å²) in [6, 6.07) is 3.91.